The van der Waals surface area contributed by atoms with Crippen molar-refractivity contribution < 1.29 is 28.6 Å². The van der Waals surface area contributed by atoms with Crippen LogP contribution in [0, 0.1) is 37.5 Å². The van der Waals surface area contributed by atoms with Crippen LogP contribution in [-0.2, 0) is 11.2 Å². The summed E-state index contributed by atoms with van der Waals surface area (Å²) in [6.07, 6.45) is 10.7. The van der Waals surface area contributed by atoms with E-state index < -0.39 is 23.0 Å². The zero-order valence-corrected chi connectivity index (χ0v) is 32.3. The van der Waals surface area contributed by atoms with Gasteiger partial charge in [0.1, 0.15) is 34.6 Å². The molecule has 6 aromatic rings. The van der Waals surface area contributed by atoms with Crippen molar-refractivity contribution in [2.75, 3.05) is 0 Å². The second kappa shape index (κ2) is 13.4. The van der Waals surface area contributed by atoms with Crippen LogP contribution in [0.15, 0.2) is 70.0 Å². The SMILES string of the molecule is Cc1cnc([C@@](C)(O)C#Cc2ccc3c(c2)-c2nc(C(N)=O)cn2C2CC3C2)o1.Cc1cnc([C@](C)(O)C#Cc2ccc3c(c2)-c2nc(C(N)=O)cn2C2CC3C2)o1. The van der Waals surface area contributed by atoms with Crippen molar-refractivity contribution in [1.29, 1.82) is 0 Å². The summed E-state index contributed by atoms with van der Waals surface area (Å²) in [5.74, 6) is 14.7. The second-order valence-corrected chi connectivity index (χ2v) is 15.9. The number of imidazole rings is 2. The molecule has 2 amide bonds. The molecule has 2 fully saturated rings. The number of amides is 2. The van der Waals surface area contributed by atoms with Gasteiger partial charge in [0, 0.05) is 46.7 Å². The molecule has 12 rings (SSSR count). The van der Waals surface area contributed by atoms with E-state index in [0.29, 0.717) is 35.4 Å². The molecule has 4 aliphatic heterocycles. The number of primary amides is 2. The zero-order chi connectivity index (χ0) is 40.7. The molecule has 2 saturated carbocycles. The number of nitrogens with zero attached hydrogens (tertiary/aromatic N) is 6. The Bertz CT molecular complexity index is 2590. The van der Waals surface area contributed by atoms with Gasteiger partial charge >= 0.3 is 0 Å². The smallest absolute Gasteiger partial charge is 0.268 e. The maximum atomic E-state index is 11.6. The summed E-state index contributed by atoms with van der Waals surface area (Å²) in [7, 11) is 0. The Morgan fingerprint density at radius 3 is 1.45 bits per heavy atom. The van der Waals surface area contributed by atoms with Crippen LogP contribution in [0.3, 0.4) is 0 Å². The molecular formula is C44H40N8O6. The van der Waals surface area contributed by atoms with Gasteiger partial charge in [0.15, 0.2) is 11.2 Å². The minimum absolute atomic E-state index is 0.166. The van der Waals surface area contributed by atoms with E-state index in [1.165, 1.54) is 11.1 Å². The first-order valence-electron chi connectivity index (χ1n) is 19.1. The van der Waals surface area contributed by atoms with Crippen LogP contribution in [0.5, 0.6) is 0 Å². The fraction of sp³-hybridized carbons (Fsp3) is 0.318. The molecule has 58 heavy (non-hydrogen) atoms. The van der Waals surface area contributed by atoms with Gasteiger partial charge in [0.2, 0.25) is 11.8 Å². The predicted octanol–water partition coefficient (Wildman–Crippen LogP) is 5.27. The summed E-state index contributed by atoms with van der Waals surface area (Å²) in [6, 6.07) is 12.6. The molecule has 6 aliphatic rings. The number of rotatable bonds is 4. The van der Waals surface area contributed by atoms with E-state index in [1.54, 1.807) is 52.5 Å². The van der Waals surface area contributed by atoms with E-state index in [2.05, 4.69) is 64.9 Å². The number of carbonyl (C=O) groups is 2. The van der Waals surface area contributed by atoms with Crippen LogP contribution in [0.25, 0.3) is 22.8 Å². The average molecular weight is 777 g/mol. The summed E-state index contributed by atoms with van der Waals surface area (Å²) >= 11 is 0. The third-order valence-corrected chi connectivity index (χ3v) is 11.4. The standard InChI is InChI=1S/2C22H20N4O3/c2*1-12-10-24-21(29-12)22(2,28)6-5-13-3-4-16-14-8-15(9-14)26-11-18(19(23)27)25-20(26)17(16)7-13/h2*3-4,7,10-11,14-15,28H,8-9H2,1-2H3,(H2,23,27)/t2*14?,15?,22-/m10/s1. The molecule has 0 radical (unpaired) electrons. The maximum absolute atomic E-state index is 11.6. The van der Waals surface area contributed by atoms with E-state index in [-0.39, 0.29) is 23.2 Å². The lowest BCUT2D eigenvalue weighted by Gasteiger charge is -2.34. The van der Waals surface area contributed by atoms with E-state index in [4.69, 9.17) is 20.3 Å². The lowest BCUT2D eigenvalue weighted by molar-refractivity contribution is 0.0880. The number of oxazole rings is 2. The quantitative estimate of drug-likeness (QED) is 0.170. The number of carbonyl (C=O) groups excluding carboxylic acids is 2. The topological polar surface area (TPSA) is 214 Å². The van der Waals surface area contributed by atoms with Crippen LogP contribution < -0.4 is 11.5 Å². The van der Waals surface area contributed by atoms with E-state index in [0.717, 1.165) is 59.6 Å². The van der Waals surface area contributed by atoms with Gasteiger partial charge in [0.05, 0.1) is 12.4 Å². The Morgan fingerprint density at radius 2 is 1.10 bits per heavy atom. The van der Waals surface area contributed by atoms with Crippen molar-refractivity contribution in [2.24, 2.45) is 11.5 Å². The fourth-order valence-electron chi connectivity index (χ4n) is 8.14. The molecule has 2 atom stereocenters. The average Bonchev–Trinajstić information content (AvgIpc) is 3.94. The number of hydrogen-bond donors (Lipinski definition) is 4. The van der Waals surface area contributed by atoms with Crippen LogP contribution in [-0.4, -0.2) is 51.1 Å². The lowest BCUT2D eigenvalue weighted by atomic mass is 9.75. The molecular weight excluding hydrogens is 737 g/mol. The number of benzene rings is 2. The zero-order valence-electron chi connectivity index (χ0n) is 32.3. The van der Waals surface area contributed by atoms with Crippen molar-refractivity contribution in [3.05, 3.63) is 118 Å². The maximum Gasteiger partial charge on any atom is 0.268 e. The monoisotopic (exact) mass is 776 g/mol. The Morgan fingerprint density at radius 1 is 0.707 bits per heavy atom. The first kappa shape index (κ1) is 36.9. The van der Waals surface area contributed by atoms with Crippen molar-refractivity contribution in [1.82, 2.24) is 29.1 Å². The van der Waals surface area contributed by atoms with Gasteiger partial charge in [-0.1, -0.05) is 35.8 Å². The summed E-state index contributed by atoms with van der Waals surface area (Å²) in [6.45, 7) is 6.63. The largest absolute Gasteiger partial charge is 0.442 e. The minimum atomic E-state index is -1.50. The summed E-state index contributed by atoms with van der Waals surface area (Å²) < 4.78 is 15.0. The molecule has 292 valence electrons. The van der Waals surface area contributed by atoms with Gasteiger partial charge in [0.25, 0.3) is 11.8 Å². The second-order valence-electron chi connectivity index (χ2n) is 15.9. The van der Waals surface area contributed by atoms with Crippen molar-refractivity contribution in [3.8, 4) is 46.5 Å². The van der Waals surface area contributed by atoms with Crippen LogP contribution in [0.4, 0.5) is 0 Å². The van der Waals surface area contributed by atoms with Crippen molar-refractivity contribution in [3.63, 3.8) is 0 Å². The highest BCUT2D eigenvalue weighted by atomic mass is 16.4. The molecule has 0 spiro atoms. The Hall–Kier alpha value is -6.74. The molecule has 2 aliphatic carbocycles. The van der Waals surface area contributed by atoms with Crippen LogP contribution in [0.1, 0.15) is 130 Å². The summed E-state index contributed by atoms with van der Waals surface area (Å²) in [5.41, 5.74) is 14.3. The number of nitrogens with two attached hydrogens (primary N) is 2. The number of aryl methyl sites for hydroxylation is 2. The summed E-state index contributed by atoms with van der Waals surface area (Å²) in [5, 5.41) is 21.2. The fourth-order valence-corrected chi connectivity index (χ4v) is 8.14. The molecule has 4 aromatic heterocycles. The van der Waals surface area contributed by atoms with Crippen molar-refractivity contribution in [2.45, 2.75) is 88.5 Å². The van der Waals surface area contributed by atoms with E-state index in [9.17, 15) is 19.8 Å². The normalized spacial score (nSPS) is 20.9. The summed E-state index contributed by atoms with van der Waals surface area (Å²) in [4.78, 5) is 40.4. The highest BCUT2D eigenvalue weighted by molar-refractivity contribution is 5.92. The Balaban J connectivity index is 0.000000150. The molecule has 2 aromatic carbocycles. The third-order valence-electron chi connectivity index (χ3n) is 11.4. The third kappa shape index (κ3) is 6.46. The van der Waals surface area contributed by atoms with E-state index >= 15 is 0 Å². The Labute approximate surface area is 333 Å². The number of aliphatic hydroxyl groups is 2. The molecule has 6 N–H and O–H groups in total. The van der Waals surface area contributed by atoms with Gasteiger partial charge in [-0.05, 0) is 101 Å². The molecule has 0 unspecified atom stereocenters. The van der Waals surface area contributed by atoms with E-state index in [1.807, 2.05) is 24.3 Å². The van der Waals surface area contributed by atoms with Gasteiger partial charge < -0.3 is 39.6 Å². The molecule has 14 nitrogen and oxygen atoms in total. The van der Waals surface area contributed by atoms with Crippen LogP contribution in [0.2, 0.25) is 0 Å². The highest BCUT2D eigenvalue weighted by Crippen LogP contribution is 2.53. The Kier molecular flexibility index (Phi) is 8.54. The van der Waals surface area contributed by atoms with Gasteiger partial charge in [-0.15, -0.1) is 0 Å². The number of aromatic nitrogens is 6. The first-order valence-corrected chi connectivity index (χ1v) is 19.1. The minimum Gasteiger partial charge on any atom is -0.442 e. The molecule has 4 bridgehead atoms. The van der Waals surface area contributed by atoms with Gasteiger partial charge in [-0.2, -0.15) is 0 Å². The molecule has 14 heteroatoms. The van der Waals surface area contributed by atoms with Gasteiger partial charge in [-0.25, -0.2) is 19.9 Å². The molecule has 8 heterocycles. The molecule has 0 saturated heterocycles. The lowest BCUT2D eigenvalue weighted by Crippen LogP contribution is -2.22. The predicted molar refractivity (Wildman–Crippen MR) is 210 cm³/mol. The van der Waals surface area contributed by atoms with Crippen LogP contribution >= 0.6 is 0 Å². The first-order chi connectivity index (χ1) is 27.6. The highest BCUT2D eigenvalue weighted by Gasteiger charge is 2.40. The number of hydrogen-bond acceptors (Lipinski definition) is 10. The van der Waals surface area contributed by atoms with Gasteiger partial charge in [-0.3, -0.25) is 9.59 Å². The van der Waals surface area contributed by atoms with Crippen molar-refractivity contribution >= 4 is 11.8 Å².